The fourth-order valence-electron chi connectivity index (χ4n) is 3.49. The number of carbonyl (C=O) groups excluding carboxylic acids is 1. The van der Waals surface area contributed by atoms with Crippen molar-refractivity contribution < 1.29 is 22.0 Å². The van der Waals surface area contributed by atoms with Crippen molar-refractivity contribution in [2.75, 3.05) is 5.75 Å². The van der Waals surface area contributed by atoms with E-state index in [2.05, 4.69) is 0 Å². The number of carbonyl (C=O) groups is 1. The zero-order valence-corrected chi connectivity index (χ0v) is 17.1. The Bertz CT molecular complexity index is 1010. The van der Waals surface area contributed by atoms with Gasteiger partial charge in [-0.15, -0.1) is 4.83 Å². The summed E-state index contributed by atoms with van der Waals surface area (Å²) in [7, 11) is -3.76. The quantitative estimate of drug-likeness (QED) is 0.650. The van der Waals surface area contributed by atoms with E-state index >= 15 is 0 Å². The second-order valence-corrected chi connectivity index (χ2v) is 9.35. The number of nitrogens with one attached hydrogen (secondary N) is 2. The summed E-state index contributed by atoms with van der Waals surface area (Å²) in [6.07, 6.45) is 4.73. The molecule has 0 aliphatic heterocycles. The molecule has 5 nitrogen and oxygen atoms in total. The molecule has 3 rings (SSSR count). The van der Waals surface area contributed by atoms with Crippen molar-refractivity contribution in [3.63, 3.8) is 0 Å². The topological polar surface area (TPSA) is 75.3 Å². The molecule has 156 valence electrons. The van der Waals surface area contributed by atoms with Gasteiger partial charge in [0.1, 0.15) is 5.82 Å². The fraction of sp³-hybridized carbons (Fsp3) is 0.350. The molecule has 2 N–H and O–H groups in total. The summed E-state index contributed by atoms with van der Waals surface area (Å²) in [6, 6.07) is 8.00. The first-order valence-corrected chi connectivity index (χ1v) is 11.3. The molecule has 0 aromatic heterocycles. The van der Waals surface area contributed by atoms with Gasteiger partial charge < -0.3 is 0 Å². The van der Waals surface area contributed by atoms with Crippen molar-refractivity contribution in [2.45, 2.75) is 32.1 Å². The van der Waals surface area contributed by atoms with Crippen molar-refractivity contribution in [2.24, 2.45) is 5.92 Å². The van der Waals surface area contributed by atoms with Crippen LogP contribution in [0.15, 0.2) is 36.4 Å². The second kappa shape index (κ2) is 9.19. The van der Waals surface area contributed by atoms with E-state index in [4.69, 9.17) is 11.6 Å². The maximum absolute atomic E-state index is 14.4. The third-order valence-electron chi connectivity index (χ3n) is 4.93. The summed E-state index contributed by atoms with van der Waals surface area (Å²) >= 11 is 5.88. The molecule has 1 amide bonds. The van der Waals surface area contributed by atoms with E-state index in [0.29, 0.717) is 11.1 Å². The molecule has 0 unspecified atom stereocenters. The minimum absolute atomic E-state index is 0.0423. The van der Waals surface area contributed by atoms with Crippen LogP contribution in [0.4, 0.5) is 8.78 Å². The molecule has 2 aromatic rings. The monoisotopic (exact) mass is 442 g/mol. The first-order valence-electron chi connectivity index (χ1n) is 9.30. The van der Waals surface area contributed by atoms with Crippen LogP contribution in [0.2, 0.25) is 5.02 Å². The van der Waals surface area contributed by atoms with Crippen molar-refractivity contribution in [3.05, 3.63) is 58.6 Å². The maximum atomic E-state index is 14.4. The third-order valence-corrected chi connectivity index (χ3v) is 6.53. The van der Waals surface area contributed by atoms with Gasteiger partial charge in [0.25, 0.3) is 5.91 Å². The molecule has 0 spiro atoms. The summed E-state index contributed by atoms with van der Waals surface area (Å²) < 4.78 is 52.3. The maximum Gasteiger partial charge on any atom is 0.269 e. The van der Waals surface area contributed by atoms with Gasteiger partial charge in [0.05, 0.1) is 16.3 Å². The molecule has 0 radical (unpaired) electrons. The molecule has 1 fully saturated rings. The molecule has 0 saturated heterocycles. The smallest absolute Gasteiger partial charge is 0.269 e. The Labute approximate surface area is 173 Å². The predicted octanol–water partition coefficient (Wildman–Crippen LogP) is 4.43. The van der Waals surface area contributed by atoms with Crippen LogP contribution in [-0.2, 0) is 10.0 Å². The highest BCUT2D eigenvalue weighted by molar-refractivity contribution is 7.89. The normalized spacial score (nSPS) is 15.3. The van der Waals surface area contributed by atoms with E-state index in [-0.39, 0.29) is 16.7 Å². The molecule has 1 aliphatic carbocycles. The zero-order valence-electron chi connectivity index (χ0n) is 15.6. The lowest BCUT2D eigenvalue weighted by Gasteiger charge is -2.21. The highest BCUT2D eigenvalue weighted by Crippen LogP contribution is 2.28. The molecular formula is C20H21ClF2N2O3S. The van der Waals surface area contributed by atoms with E-state index in [0.717, 1.165) is 32.1 Å². The van der Waals surface area contributed by atoms with Gasteiger partial charge in [0.2, 0.25) is 10.0 Å². The van der Waals surface area contributed by atoms with Crippen LogP contribution in [0.5, 0.6) is 0 Å². The molecule has 9 heteroatoms. The van der Waals surface area contributed by atoms with Crippen LogP contribution in [-0.4, -0.2) is 20.1 Å². The van der Waals surface area contributed by atoms with Crippen molar-refractivity contribution in [3.8, 4) is 11.1 Å². The molecule has 0 atom stereocenters. The minimum Gasteiger partial charge on any atom is -0.274 e. The molecule has 0 heterocycles. The number of sulfonamides is 1. The van der Waals surface area contributed by atoms with E-state index < -0.39 is 33.1 Å². The lowest BCUT2D eigenvalue weighted by atomic mass is 9.91. The first kappa shape index (κ1) is 21.7. The first-order chi connectivity index (χ1) is 13.7. The minimum atomic E-state index is -3.76. The van der Waals surface area contributed by atoms with E-state index in [9.17, 15) is 22.0 Å². The van der Waals surface area contributed by atoms with Crippen LogP contribution in [0.25, 0.3) is 11.1 Å². The predicted molar refractivity (Wildman–Crippen MR) is 108 cm³/mol. The lowest BCUT2D eigenvalue weighted by molar-refractivity contribution is 0.0941. The lowest BCUT2D eigenvalue weighted by Crippen LogP contribution is -2.44. The number of rotatable bonds is 6. The number of hydrogen-bond donors (Lipinski definition) is 2. The Balaban J connectivity index is 1.74. The number of benzene rings is 2. The second-order valence-electron chi connectivity index (χ2n) is 7.17. The molecule has 1 saturated carbocycles. The molecule has 29 heavy (non-hydrogen) atoms. The Morgan fingerprint density at radius 3 is 2.48 bits per heavy atom. The van der Waals surface area contributed by atoms with Gasteiger partial charge in [-0.1, -0.05) is 43.0 Å². The Hall–Kier alpha value is -2.03. The Morgan fingerprint density at radius 2 is 1.79 bits per heavy atom. The van der Waals surface area contributed by atoms with E-state index in [1.807, 2.05) is 10.3 Å². The van der Waals surface area contributed by atoms with Gasteiger partial charge in [0.15, 0.2) is 5.82 Å². The van der Waals surface area contributed by atoms with Crippen molar-refractivity contribution >= 4 is 27.5 Å². The van der Waals surface area contributed by atoms with Crippen LogP contribution >= 0.6 is 11.6 Å². The largest absolute Gasteiger partial charge is 0.274 e. The van der Waals surface area contributed by atoms with Gasteiger partial charge in [-0.2, -0.15) is 0 Å². The highest BCUT2D eigenvalue weighted by Gasteiger charge is 2.23. The molecule has 0 bridgehead atoms. The summed E-state index contributed by atoms with van der Waals surface area (Å²) in [6.45, 7) is 0. The summed E-state index contributed by atoms with van der Waals surface area (Å²) in [5.41, 5.74) is 2.32. The zero-order chi connectivity index (χ0) is 21.0. The summed E-state index contributed by atoms with van der Waals surface area (Å²) in [5.74, 6) is -2.53. The average Bonchev–Trinajstić information content (AvgIpc) is 2.68. The average molecular weight is 443 g/mol. The van der Waals surface area contributed by atoms with Crippen LogP contribution in [0, 0.1) is 17.6 Å². The van der Waals surface area contributed by atoms with Crippen LogP contribution < -0.4 is 10.3 Å². The third kappa shape index (κ3) is 5.74. The standard InChI is InChI=1S/C20H21ClF2N2O3S/c21-18-11-15(14-7-4-8-16(22)9-14)10-17(19(18)23)20(26)24-25-29(27,28)12-13-5-2-1-3-6-13/h4,7-11,13,25H,1-3,5-6,12H2,(H,24,26). The van der Waals surface area contributed by atoms with Gasteiger partial charge in [-0.05, 0) is 54.2 Å². The van der Waals surface area contributed by atoms with E-state index in [1.165, 1.54) is 30.3 Å². The number of halogens is 3. The Kier molecular flexibility index (Phi) is 6.87. The summed E-state index contributed by atoms with van der Waals surface area (Å²) in [5, 5.41) is -0.332. The Morgan fingerprint density at radius 1 is 1.07 bits per heavy atom. The number of hydrazine groups is 1. The number of amides is 1. The van der Waals surface area contributed by atoms with E-state index in [1.54, 1.807) is 6.07 Å². The van der Waals surface area contributed by atoms with Gasteiger partial charge in [0, 0.05) is 0 Å². The van der Waals surface area contributed by atoms with Gasteiger partial charge in [-0.25, -0.2) is 17.2 Å². The van der Waals surface area contributed by atoms with Crippen LogP contribution in [0.1, 0.15) is 42.5 Å². The van der Waals surface area contributed by atoms with Gasteiger partial charge >= 0.3 is 0 Å². The van der Waals surface area contributed by atoms with Gasteiger partial charge in [-0.3, -0.25) is 10.2 Å². The molecular weight excluding hydrogens is 422 g/mol. The molecule has 2 aromatic carbocycles. The number of hydrogen-bond acceptors (Lipinski definition) is 3. The van der Waals surface area contributed by atoms with Crippen LogP contribution in [0.3, 0.4) is 0 Å². The summed E-state index contributed by atoms with van der Waals surface area (Å²) in [4.78, 5) is 14.4. The van der Waals surface area contributed by atoms with Crippen molar-refractivity contribution in [1.29, 1.82) is 0 Å². The highest BCUT2D eigenvalue weighted by atomic mass is 35.5. The SMILES string of the molecule is O=C(NNS(=O)(=O)CC1CCCCC1)c1cc(-c2cccc(F)c2)cc(Cl)c1F. The fourth-order valence-corrected chi connectivity index (χ4v) is 4.99. The molecule has 1 aliphatic rings. The van der Waals surface area contributed by atoms with Crippen molar-refractivity contribution in [1.82, 2.24) is 10.3 Å².